The van der Waals surface area contributed by atoms with E-state index in [4.69, 9.17) is 16.7 Å². The summed E-state index contributed by atoms with van der Waals surface area (Å²) in [6.07, 6.45) is 3.33. The zero-order valence-electron chi connectivity index (χ0n) is 16.0. The Morgan fingerprint density at radius 1 is 1.00 bits per heavy atom. The van der Waals surface area contributed by atoms with Crippen molar-refractivity contribution in [1.82, 2.24) is 10.3 Å². The summed E-state index contributed by atoms with van der Waals surface area (Å²) in [4.78, 5) is 14.9. The molecule has 0 amide bonds. The van der Waals surface area contributed by atoms with Crippen LogP contribution in [0.3, 0.4) is 0 Å². The van der Waals surface area contributed by atoms with Gasteiger partial charge in [0.15, 0.2) is 0 Å². The minimum absolute atomic E-state index is 0. The van der Waals surface area contributed by atoms with Gasteiger partial charge in [-0.1, -0.05) is 48.0 Å². The predicted octanol–water partition coefficient (Wildman–Crippen LogP) is 4.81. The van der Waals surface area contributed by atoms with Crippen LogP contribution in [0.5, 0.6) is 0 Å². The van der Waals surface area contributed by atoms with Gasteiger partial charge in [0, 0.05) is 24.5 Å². The van der Waals surface area contributed by atoms with Gasteiger partial charge in [0.05, 0.1) is 16.7 Å². The Labute approximate surface area is 192 Å². The molecular weight excluding hydrogens is 447 g/mol. The molecule has 0 saturated heterocycles. The molecule has 30 heavy (non-hydrogen) atoms. The van der Waals surface area contributed by atoms with Crippen LogP contribution >= 0.6 is 36.4 Å². The zero-order valence-corrected chi connectivity index (χ0v) is 18.4. The fourth-order valence-electron chi connectivity index (χ4n) is 2.87. The van der Waals surface area contributed by atoms with Crippen LogP contribution in [0.1, 0.15) is 27.6 Å². The molecule has 160 valence electrons. The highest BCUT2D eigenvalue weighted by Gasteiger charge is 2.08. The lowest BCUT2D eigenvalue weighted by Crippen LogP contribution is -2.23. The molecule has 0 fully saturated rings. The van der Waals surface area contributed by atoms with E-state index in [1.165, 1.54) is 11.8 Å². The monoisotopic (exact) mass is 468 g/mol. The molecular formula is C22H23Cl3N2O3. The van der Waals surface area contributed by atoms with Gasteiger partial charge in [-0.2, -0.15) is 0 Å². The molecule has 0 aliphatic heterocycles. The van der Waals surface area contributed by atoms with Crippen molar-refractivity contribution in [3.63, 3.8) is 0 Å². The van der Waals surface area contributed by atoms with Crippen molar-refractivity contribution in [3.05, 3.63) is 88.7 Å². The average Bonchev–Trinajstić information content (AvgIpc) is 2.71. The molecule has 0 spiro atoms. The van der Waals surface area contributed by atoms with E-state index in [9.17, 15) is 9.90 Å². The minimum Gasteiger partial charge on any atom is -0.478 e. The number of rotatable bonds is 8. The Morgan fingerprint density at radius 3 is 2.17 bits per heavy atom. The lowest BCUT2D eigenvalue weighted by molar-refractivity contribution is 0.0697. The lowest BCUT2D eigenvalue weighted by Gasteiger charge is -2.12. The van der Waals surface area contributed by atoms with E-state index in [1.807, 2.05) is 24.3 Å². The van der Waals surface area contributed by atoms with E-state index < -0.39 is 12.1 Å². The predicted molar refractivity (Wildman–Crippen MR) is 124 cm³/mol. The second kappa shape index (κ2) is 12.5. The number of aromatic nitrogens is 1. The van der Waals surface area contributed by atoms with Crippen molar-refractivity contribution >= 4 is 42.4 Å². The summed E-state index contributed by atoms with van der Waals surface area (Å²) < 4.78 is 0. The number of carbonyl (C=O) groups is 1. The maximum Gasteiger partial charge on any atom is 0.335 e. The fourth-order valence-corrected chi connectivity index (χ4v) is 3.05. The number of nitrogens with zero attached hydrogens (tertiary/aromatic N) is 1. The number of hydrogen-bond acceptors (Lipinski definition) is 4. The van der Waals surface area contributed by atoms with Crippen LogP contribution in [0.2, 0.25) is 5.02 Å². The maximum atomic E-state index is 10.9. The van der Waals surface area contributed by atoms with Crippen molar-refractivity contribution < 1.29 is 15.0 Å². The smallest absolute Gasteiger partial charge is 0.335 e. The SMILES string of the molecule is Cl.Cl.O=C(O)c1ccc(-c2ccc(CCNC[C@@H](O)c3cncc(Cl)c3)cc2)cc1. The van der Waals surface area contributed by atoms with Crippen molar-refractivity contribution in [2.75, 3.05) is 13.1 Å². The molecule has 3 N–H and O–H groups in total. The van der Waals surface area contributed by atoms with Crippen LogP contribution in [0.4, 0.5) is 0 Å². The van der Waals surface area contributed by atoms with Crippen LogP contribution in [-0.2, 0) is 6.42 Å². The maximum absolute atomic E-state index is 10.9. The Morgan fingerprint density at radius 2 is 1.60 bits per heavy atom. The van der Waals surface area contributed by atoms with Gasteiger partial charge in [0.25, 0.3) is 0 Å². The van der Waals surface area contributed by atoms with Gasteiger partial charge in [-0.15, -0.1) is 24.8 Å². The number of carboxylic acids is 1. The number of nitrogens with one attached hydrogen (secondary N) is 1. The Bertz CT molecular complexity index is 935. The average molecular weight is 470 g/mol. The third-order valence-electron chi connectivity index (χ3n) is 4.46. The van der Waals surface area contributed by atoms with Gasteiger partial charge in [-0.25, -0.2) is 4.79 Å². The van der Waals surface area contributed by atoms with Crippen LogP contribution in [0.15, 0.2) is 67.0 Å². The van der Waals surface area contributed by atoms with Crippen LogP contribution < -0.4 is 5.32 Å². The zero-order chi connectivity index (χ0) is 19.9. The van der Waals surface area contributed by atoms with Gasteiger partial charge in [0.2, 0.25) is 0 Å². The molecule has 0 bridgehead atoms. The lowest BCUT2D eigenvalue weighted by atomic mass is 10.0. The molecule has 1 heterocycles. The van der Waals surface area contributed by atoms with Gasteiger partial charge in [0.1, 0.15) is 0 Å². The Kier molecular flexibility index (Phi) is 10.8. The molecule has 0 unspecified atom stereocenters. The first kappa shape index (κ1) is 25.9. The quantitative estimate of drug-likeness (QED) is 0.412. The van der Waals surface area contributed by atoms with E-state index in [1.54, 1.807) is 24.4 Å². The first-order chi connectivity index (χ1) is 13.5. The normalized spacial score (nSPS) is 11.1. The number of carboxylic acid groups (broad SMARTS) is 1. The molecule has 1 atom stereocenters. The van der Waals surface area contributed by atoms with E-state index in [2.05, 4.69) is 22.4 Å². The molecule has 0 saturated carbocycles. The third kappa shape index (κ3) is 7.27. The molecule has 3 rings (SSSR count). The van der Waals surface area contributed by atoms with E-state index in [0.717, 1.165) is 24.1 Å². The van der Waals surface area contributed by atoms with Crippen molar-refractivity contribution in [2.45, 2.75) is 12.5 Å². The number of pyridine rings is 1. The largest absolute Gasteiger partial charge is 0.478 e. The highest BCUT2D eigenvalue weighted by Crippen LogP contribution is 2.21. The topological polar surface area (TPSA) is 82.5 Å². The summed E-state index contributed by atoms with van der Waals surface area (Å²) in [6.45, 7) is 1.16. The minimum atomic E-state index is -0.925. The third-order valence-corrected chi connectivity index (χ3v) is 4.66. The molecule has 8 heteroatoms. The van der Waals surface area contributed by atoms with Gasteiger partial charge in [-0.3, -0.25) is 4.98 Å². The van der Waals surface area contributed by atoms with Gasteiger partial charge in [-0.05, 0) is 47.9 Å². The van der Waals surface area contributed by atoms with Gasteiger partial charge < -0.3 is 15.5 Å². The van der Waals surface area contributed by atoms with Crippen LogP contribution in [-0.4, -0.2) is 34.3 Å². The van der Waals surface area contributed by atoms with E-state index >= 15 is 0 Å². The fraction of sp³-hybridized carbons (Fsp3) is 0.182. The number of hydrogen-bond donors (Lipinski definition) is 3. The van der Waals surface area contributed by atoms with Crippen LogP contribution in [0.25, 0.3) is 11.1 Å². The second-order valence-electron chi connectivity index (χ2n) is 6.49. The van der Waals surface area contributed by atoms with Gasteiger partial charge >= 0.3 is 5.97 Å². The molecule has 5 nitrogen and oxygen atoms in total. The van der Waals surface area contributed by atoms with Crippen molar-refractivity contribution in [1.29, 1.82) is 0 Å². The van der Waals surface area contributed by atoms with Crippen LogP contribution in [0, 0.1) is 0 Å². The number of benzene rings is 2. The number of halogens is 3. The van der Waals surface area contributed by atoms with E-state index in [0.29, 0.717) is 17.1 Å². The Hall–Kier alpha value is -2.15. The summed E-state index contributed by atoms with van der Waals surface area (Å²) >= 11 is 5.89. The second-order valence-corrected chi connectivity index (χ2v) is 6.92. The summed E-state index contributed by atoms with van der Waals surface area (Å²) in [5.41, 5.74) is 4.17. The number of aromatic carboxylic acids is 1. The summed E-state index contributed by atoms with van der Waals surface area (Å²) in [5.74, 6) is -0.925. The molecule has 2 aromatic carbocycles. The van der Waals surface area contributed by atoms with Crippen molar-refractivity contribution in [3.8, 4) is 11.1 Å². The molecule has 0 aliphatic rings. The number of aliphatic hydroxyl groups is 1. The first-order valence-corrected chi connectivity index (χ1v) is 9.32. The summed E-state index contributed by atoms with van der Waals surface area (Å²) in [5, 5.41) is 22.9. The first-order valence-electron chi connectivity index (χ1n) is 8.95. The summed E-state index contributed by atoms with van der Waals surface area (Å²) in [7, 11) is 0. The van der Waals surface area contributed by atoms with Crippen molar-refractivity contribution in [2.24, 2.45) is 0 Å². The highest BCUT2D eigenvalue weighted by atomic mass is 35.5. The van der Waals surface area contributed by atoms with E-state index in [-0.39, 0.29) is 30.4 Å². The molecule has 1 aromatic heterocycles. The number of aliphatic hydroxyl groups excluding tert-OH is 1. The standard InChI is InChI=1S/C22H21ClN2O3.2ClH/c23-20-11-19(12-25-13-20)21(26)14-24-10-9-15-1-3-16(4-2-15)17-5-7-18(8-6-17)22(27)28;;/h1-8,11-13,21,24,26H,9-10,14H2,(H,27,28);2*1H/t21-;;/m1../s1. The molecule has 0 aliphatic carbocycles. The molecule has 0 radical (unpaired) electrons. The Balaban J connectivity index is 0.00000225. The summed E-state index contributed by atoms with van der Waals surface area (Å²) in [6, 6.07) is 16.7. The highest BCUT2D eigenvalue weighted by molar-refractivity contribution is 6.30. The molecule has 3 aromatic rings.